The summed E-state index contributed by atoms with van der Waals surface area (Å²) in [5, 5.41) is 28.0. The molecule has 112 valence electrons. The average molecular weight is 339 g/mol. The SMILES string of the molecule is O=c1c(Cl)c(-c2ccc(O)cc2)oc2cc(O)c(Cl)c(O)c12. The fraction of sp³-hybridized carbons (Fsp3) is 0. The molecule has 7 heteroatoms. The Labute approximate surface area is 133 Å². The zero-order valence-corrected chi connectivity index (χ0v) is 12.3. The van der Waals surface area contributed by atoms with Gasteiger partial charge in [-0.15, -0.1) is 0 Å². The fourth-order valence-corrected chi connectivity index (χ4v) is 2.46. The van der Waals surface area contributed by atoms with Crippen molar-refractivity contribution in [2.24, 2.45) is 0 Å². The minimum absolute atomic E-state index is 0.0464. The first-order valence-corrected chi connectivity index (χ1v) is 6.82. The van der Waals surface area contributed by atoms with Crippen molar-refractivity contribution >= 4 is 34.2 Å². The van der Waals surface area contributed by atoms with Gasteiger partial charge in [-0.2, -0.15) is 0 Å². The Hall–Kier alpha value is -2.37. The number of phenolic OH excluding ortho intramolecular Hbond substituents is 3. The van der Waals surface area contributed by atoms with E-state index in [9.17, 15) is 20.1 Å². The molecule has 0 saturated carbocycles. The zero-order chi connectivity index (χ0) is 16.0. The summed E-state index contributed by atoms with van der Waals surface area (Å²) in [4.78, 5) is 12.3. The van der Waals surface area contributed by atoms with Gasteiger partial charge in [0.1, 0.15) is 32.5 Å². The van der Waals surface area contributed by atoms with Gasteiger partial charge in [0.05, 0.1) is 0 Å². The van der Waals surface area contributed by atoms with E-state index >= 15 is 0 Å². The minimum Gasteiger partial charge on any atom is -0.508 e. The van der Waals surface area contributed by atoms with E-state index in [-0.39, 0.29) is 32.5 Å². The molecule has 0 aliphatic carbocycles. The molecular weight excluding hydrogens is 331 g/mol. The van der Waals surface area contributed by atoms with Crippen LogP contribution in [-0.2, 0) is 0 Å². The van der Waals surface area contributed by atoms with Gasteiger partial charge in [0.25, 0.3) is 0 Å². The first-order chi connectivity index (χ1) is 10.4. The third-order valence-corrected chi connectivity index (χ3v) is 3.87. The molecule has 0 atom stereocenters. The predicted molar refractivity (Wildman–Crippen MR) is 82.9 cm³/mol. The van der Waals surface area contributed by atoms with Crippen LogP contribution in [0.25, 0.3) is 22.3 Å². The molecule has 0 amide bonds. The second kappa shape index (κ2) is 5.12. The lowest BCUT2D eigenvalue weighted by Gasteiger charge is -2.08. The predicted octanol–water partition coefficient (Wildman–Crippen LogP) is 3.88. The highest BCUT2D eigenvalue weighted by Gasteiger charge is 2.20. The van der Waals surface area contributed by atoms with Crippen molar-refractivity contribution in [2.45, 2.75) is 0 Å². The van der Waals surface area contributed by atoms with Crippen LogP contribution in [0.2, 0.25) is 10.0 Å². The minimum atomic E-state index is -0.676. The van der Waals surface area contributed by atoms with Gasteiger partial charge < -0.3 is 19.7 Å². The van der Waals surface area contributed by atoms with Gasteiger partial charge in [-0.05, 0) is 24.3 Å². The monoisotopic (exact) mass is 338 g/mol. The number of rotatable bonds is 1. The fourth-order valence-electron chi connectivity index (χ4n) is 2.07. The van der Waals surface area contributed by atoms with Crippen molar-refractivity contribution in [1.82, 2.24) is 0 Å². The van der Waals surface area contributed by atoms with Crippen LogP contribution in [0.1, 0.15) is 0 Å². The quantitative estimate of drug-likeness (QED) is 0.626. The highest BCUT2D eigenvalue weighted by atomic mass is 35.5. The molecular formula is C15H8Cl2O5. The molecule has 1 heterocycles. The molecule has 0 fully saturated rings. The van der Waals surface area contributed by atoms with Crippen LogP contribution >= 0.6 is 23.2 Å². The maximum Gasteiger partial charge on any atom is 0.215 e. The molecule has 0 saturated heterocycles. The van der Waals surface area contributed by atoms with E-state index in [4.69, 9.17) is 27.6 Å². The normalized spacial score (nSPS) is 11.0. The molecule has 0 aliphatic heterocycles. The lowest BCUT2D eigenvalue weighted by Crippen LogP contribution is -2.04. The van der Waals surface area contributed by atoms with Crippen molar-refractivity contribution in [3.05, 3.63) is 50.6 Å². The number of aromatic hydroxyl groups is 3. The summed E-state index contributed by atoms with van der Waals surface area (Å²) in [5.41, 5.74) is -0.280. The van der Waals surface area contributed by atoms with Crippen LogP contribution in [0.4, 0.5) is 0 Å². The number of benzene rings is 2. The van der Waals surface area contributed by atoms with Gasteiger partial charge >= 0.3 is 0 Å². The van der Waals surface area contributed by atoms with Gasteiger partial charge in [0, 0.05) is 11.6 Å². The van der Waals surface area contributed by atoms with Gasteiger partial charge in [-0.1, -0.05) is 23.2 Å². The van der Waals surface area contributed by atoms with Gasteiger partial charge in [0.15, 0.2) is 11.5 Å². The molecule has 22 heavy (non-hydrogen) atoms. The van der Waals surface area contributed by atoms with Gasteiger partial charge in [-0.25, -0.2) is 0 Å². The topological polar surface area (TPSA) is 90.9 Å². The van der Waals surface area contributed by atoms with E-state index in [0.717, 1.165) is 6.07 Å². The molecule has 5 nitrogen and oxygen atoms in total. The molecule has 0 spiro atoms. The summed E-state index contributed by atoms with van der Waals surface area (Å²) in [6, 6.07) is 6.97. The van der Waals surface area contributed by atoms with Crippen molar-refractivity contribution in [1.29, 1.82) is 0 Å². The van der Waals surface area contributed by atoms with E-state index in [2.05, 4.69) is 0 Å². The van der Waals surface area contributed by atoms with Crippen LogP contribution in [0.5, 0.6) is 17.2 Å². The Bertz CT molecular complexity index is 945. The van der Waals surface area contributed by atoms with Crippen LogP contribution < -0.4 is 5.43 Å². The van der Waals surface area contributed by atoms with Crippen molar-refractivity contribution < 1.29 is 19.7 Å². The Balaban J connectivity index is 2.39. The third-order valence-electron chi connectivity index (χ3n) is 3.15. The zero-order valence-electron chi connectivity index (χ0n) is 10.8. The Morgan fingerprint density at radius 3 is 2.23 bits per heavy atom. The van der Waals surface area contributed by atoms with Crippen LogP contribution in [-0.4, -0.2) is 15.3 Å². The van der Waals surface area contributed by atoms with Crippen LogP contribution in [0.3, 0.4) is 0 Å². The Kier molecular flexibility index (Phi) is 3.39. The second-order valence-corrected chi connectivity index (χ2v) is 5.31. The van der Waals surface area contributed by atoms with Crippen molar-refractivity contribution in [3.8, 4) is 28.6 Å². The lowest BCUT2D eigenvalue weighted by atomic mass is 10.1. The average Bonchev–Trinajstić information content (AvgIpc) is 2.49. The van der Waals surface area contributed by atoms with Gasteiger partial charge in [-0.3, -0.25) is 4.79 Å². The molecule has 0 radical (unpaired) electrons. The van der Waals surface area contributed by atoms with E-state index in [1.54, 1.807) is 0 Å². The molecule has 0 unspecified atom stereocenters. The van der Waals surface area contributed by atoms with E-state index in [1.165, 1.54) is 24.3 Å². The highest BCUT2D eigenvalue weighted by Crippen LogP contribution is 2.40. The largest absolute Gasteiger partial charge is 0.508 e. The molecule has 3 rings (SSSR count). The number of hydrogen-bond acceptors (Lipinski definition) is 5. The maximum atomic E-state index is 12.3. The number of hydrogen-bond donors (Lipinski definition) is 3. The molecule has 1 aromatic heterocycles. The summed E-state index contributed by atoms with van der Waals surface area (Å²) in [6.07, 6.45) is 0. The Morgan fingerprint density at radius 2 is 1.59 bits per heavy atom. The molecule has 3 N–H and O–H groups in total. The molecule has 2 aromatic carbocycles. The van der Waals surface area contributed by atoms with Crippen molar-refractivity contribution in [3.63, 3.8) is 0 Å². The van der Waals surface area contributed by atoms with Crippen LogP contribution in [0.15, 0.2) is 39.5 Å². The number of halogens is 2. The summed E-state index contributed by atoms with van der Waals surface area (Å²) < 4.78 is 5.52. The van der Waals surface area contributed by atoms with E-state index in [1.807, 2.05) is 0 Å². The number of fused-ring (bicyclic) bond motifs is 1. The molecule has 0 bridgehead atoms. The van der Waals surface area contributed by atoms with Crippen molar-refractivity contribution in [2.75, 3.05) is 0 Å². The lowest BCUT2D eigenvalue weighted by molar-refractivity contribution is 0.453. The number of phenols is 3. The van der Waals surface area contributed by atoms with Crippen LogP contribution in [0, 0.1) is 0 Å². The second-order valence-electron chi connectivity index (χ2n) is 4.55. The van der Waals surface area contributed by atoms with E-state index < -0.39 is 16.9 Å². The highest BCUT2D eigenvalue weighted by molar-refractivity contribution is 6.35. The summed E-state index contributed by atoms with van der Waals surface area (Å²) >= 11 is 11.7. The first kappa shape index (κ1) is 14.6. The smallest absolute Gasteiger partial charge is 0.215 e. The summed E-state index contributed by atoms with van der Waals surface area (Å²) in [5.74, 6) is -0.913. The molecule has 0 aliphatic rings. The maximum absolute atomic E-state index is 12.3. The summed E-state index contributed by atoms with van der Waals surface area (Å²) in [7, 11) is 0. The Morgan fingerprint density at radius 1 is 0.955 bits per heavy atom. The standard InChI is InChI=1S/C15H8Cl2O5/c16-11-8(19)5-9-10(13(11)20)14(21)12(17)15(22-9)6-1-3-7(18)4-2-6/h1-5,18-20H. The third kappa shape index (κ3) is 2.15. The first-order valence-electron chi connectivity index (χ1n) is 6.06. The molecule has 3 aromatic rings. The van der Waals surface area contributed by atoms with E-state index in [0.29, 0.717) is 5.56 Å². The van der Waals surface area contributed by atoms with Gasteiger partial charge in [0.2, 0.25) is 5.43 Å². The summed E-state index contributed by atoms with van der Waals surface area (Å²) in [6.45, 7) is 0.